The average molecular weight is 509 g/mol. The molecule has 3 aromatic carbocycles. The van der Waals surface area contributed by atoms with Crippen LogP contribution in [0, 0.1) is 0 Å². The van der Waals surface area contributed by atoms with Crippen molar-refractivity contribution in [3.63, 3.8) is 0 Å². The molecule has 0 aliphatic rings. The summed E-state index contributed by atoms with van der Waals surface area (Å²) in [6, 6.07) is 11.5. The second-order valence-electron chi connectivity index (χ2n) is 7.23. The summed E-state index contributed by atoms with van der Waals surface area (Å²) in [6.45, 7) is -0.0922. The van der Waals surface area contributed by atoms with Gasteiger partial charge in [0.15, 0.2) is 5.75 Å². The van der Waals surface area contributed by atoms with Crippen molar-refractivity contribution in [3.8, 4) is 11.5 Å². The number of halogens is 5. The molecule has 0 fully saturated rings. The Labute approximate surface area is 199 Å². The van der Waals surface area contributed by atoms with Crippen molar-refractivity contribution >= 4 is 40.1 Å². The SMILES string of the molecule is O=C(O)c1cc(Cl)c(Oc2ccc3c(=O)n(Cc4cccc(C(F)(F)F)c4)cnc3c2)c(Cl)c1. The topological polar surface area (TPSA) is 81.4 Å². The van der Waals surface area contributed by atoms with E-state index in [1.54, 1.807) is 0 Å². The molecule has 0 radical (unpaired) electrons. The number of carboxylic acid groups (broad SMARTS) is 1. The molecular formula is C23H13Cl2F3N2O4. The predicted octanol–water partition coefficient (Wildman–Crippen LogP) is 6.26. The van der Waals surface area contributed by atoms with E-state index >= 15 is 0 Å². The molecule has 0 aliphatic carbocycles. The monoisotopic (exact) mass is 508 g/mol. The molecule has 174 valence electrons. The van der Waals surface area contributed by atoms with Crippen molar-refractivity contribution in [3.05, 3.63) is 98.0 Å². The fourth-order valence-corrected chi connectivity index (χ4v) is 3.82. The largest absolute Gasteiger partial charge is 0.478 e. The minimum Gasteiger partial charge on any atom is -0.478 e. The fraction of sp³-hybridized carbons (Fsp3) is 0.0870. The number of ether oxygens (including phenoxy) is 1. The van der Waals surface area contributed by atoms with Gasteiger partial charge in [-0.2, -0.15) is 13.2 Å². The Balaban J connectivity index is 1.63. The second-order valence-corrected chi connectivity index (χ2v) is 8.05. The molecule has 0 aliphatic heterocycles. The first-order valence-corrected chi connectivity index (χ1v) is 10.3. The zero-order chi connectivity index (χ0) is 24.6. The van der Waals surface area contributed by atoms with Crippen molar-refractivity contribution < 1.29 is 27.8 Å². The zero-order valence-electron chi connectivity index (χ0n) is 16.9. The van der Waals surface area contributed by atoms with E-state index in [1.807, 2.05) is 0 Å². The summed E-state index contributed by atoms with van der Waals surface area (Å²) in [5.74, 6) is -0.931. The van der Waals surface area contributed by atoms with Crippen molar-refractivity contribution in [2.45, 2.75) is 12.7 Å². The lowest BCUT2D eigenvalue weighted by atomic mass is 10.1. The van der Waals surface area contributed by atoms with Gasteiger partial charge in [-0.3, -0.25) is 9.36 Å². The highest BCUT2D eigenvalue weighted by atomic mass is 35.5. The lowest BCUT2D eigenvalue weighted by molar-refractivity contribution is -0.137. The first-order chi connectivity index (χ1) is 16.0. The number of carboxylic acids is 1. The number of alkyl halides is 3. The molecule has 1 heterocycles. The third-order valence-electron chi connectivity index (χ3n) is 4.87. The molecule has 6 nitrogen and oxygen atoms in total. The summed E-state index contributed by atoms with van der Waals surface area (Å²) in [5, 5.41) is 9.26. The first-order valence-electron chi connectivity index (χ1n) is 9.58. The van der Waals surface area contributed by atoms with E-state index in [-0.39, 0.29) is 44.6 Å². The smallest absolute Gasteiger partial charge is 0.416 e. The number of aromatic carboxylic acids is 1. The summed E-state index contributed by atoms with van der Waals surface area (Å²) < 4.78 is 45.8. The lowest BCUT2D eigenvalue weighted by Gasteiger charge is -2.12. The summed E-state index contributed by atoms with van der Waals surface area (Å²) in [5.41, 5.74) is -0.786. The molecule has 0 atom stereocenters. The molecule has 34 heavy (non-hydrogen) atoms. The molecule has 0 unspecified atom stereocenters. The minimum atomic E-state index is -4.49. The van der Waals surface area contributed by atoms with Crippen LogP contribution in [0.25, 0.3) is 10.9 Å². The third kappa shape index (κ3) is 4.85. The number of fused-ring (bicyclic) bond motifs is 1. The van der Waals surface area contributed by atoms with Crippen molar-refractivity contribution in [1.29, 1.82) is 0 Å². The maximum absolute atomic E-state index is 13.0. The number of nitrogens with zero attached hydrogens (tertiary/aromatic N) is 2. The molecule has 1 aromatic heterocycles. The maximum Gasteiger partial charge on any atom is 0.416 e. The maximum atomic E-state index is 13.0. The molecule has 0 spiro atoms. The van der Waals surface area contributed by atoms with E-state index < -0.39 is 23.3 Å². The van der Waals surface area contributed by atoms with Crippen molar-refractivity contribution in [1.82, 2.24) is 9.55 Å². The van der Waals surface area contributed by atoms with Gasteiger partial charge in [-0.15, -0.1) is 0 Å². The Morgan fingerprint density at radius 2 is 1.76 bits per heavy atom. The van der Waals surface area contributed by atoms with Gasteiger partial charge >= 0.3 is 12.1 Å². The van der Waals surface area contributed by atoms with Crippen LogP contribution in [0.2, 0.25) is 10.0 Å². The van der Waals surface area contributed by atoms with Crippen LogP contribution in [0.15, 0.2) is 65.7 Å². The Bertz CT molecular complexity index is 1460. The van der Waals surface area contributed by atoms with Gasteiger partial charge in [-0.25, -0.2) is 9.78 Å². The van der Waals surface area contributed by atoms with Crippen LogP contribution in [0.5, 0.6) is 11.5 Å². The van der Waals surface area contributed by atoms with Crippen LogP contribution in [-0.4, -0.2) is 20.6 Å². The van der Waals surface area contributed by atoms with Crippen LogP contribution in [0.4, 0.5) is 13.2 Å². The molecule has 0 saturated heterocycles. The van der Waals surface area contributed by atoms with Crippen LogP contribution in [-0.2, 0) is 12.7 Å². The zero-order valence-corrected chi connectivity index (χ0v) is 18.4. The van der Waals surface area contributed by atoms with Crippen LogP contribution in [0.3, 0.4) is 0 Å². The van der Waals surface area contributed by atoms with Crippen LogP contribution in [0.1, 0.15) is 21.5 Å². The number of hydrogen-bond donors (Lipinski definition) is 1. The van der Waals surface area contributed by atoms with E-state index in [0.29, 0.717) is 5.56 Å². The quantitative estimate of drug-likeness (QED) is 0.344. The molecule has 4 rings (SSSR count). The van der Waals surface area contributed by atoms with E-state index in [1.165, 1.54) is 53.4 Å². The Morgan fingerprint density at radius 1 is 1.06 bits per heavy atom. The predicted molar refractivity (Wildman–Crippen MR) is 120 cm³/mol. The number of aromatic nitrogens is 2. The van der Waals surface area contributed by atoms with Gasteiger partial charge in [-0.1, -0.05) is 35.3 Å². The van der Waals surface area contributed by atoms with Gasteiger partial charge < -0.3 is 9.84 Å². The number of rotatable bonds is 5. The van der Waals surface area contributed by atoms with Gasteiger partial charge in [0.2, 0.25) is 0 Å². The standard InChI is InChI=1S/C23H13Cl2F3N2O4/c24-17-7-13(22(32)33)8-18(25)20(17)34-15-4-5-16-19(9-15)29-11-30(21(16)31)10-12-2-1-3-14(6-12)23(26,27)28/h1-9,11H,10H2,(H,32,33). The number of carbonyl (C=O) groups is 1. The highest BCUT2D eigenvalue weighted by Crippen LogP contribution is 2.38. The van der Waals surface area contributed by atoms with Gasteiger partial charge in [0, 0.05) is 6.07 Å². The van der Waals surface area contributed by atoms with E-state index in [4.69, 9.17) is 33.0 Å². The molecule has 4 aromatic rings. The van der Waals surface area contributed by atoms with Crippen LogP contribution < -0.4 is 10.3 Å². The normalized spacial score (nSPS) is 11.6. The molecule has 1 N–H and O–H groups in total. The number of hydrogen-bond acceptors (Lipinski definition) is 4. The highest BCUT2D eigenvalue weighted by Gasteiger charge is 2.30. The average Bonchev–Trinajstić information content (AvgIpc) is 2.77. The van der Waals surface area contributed by atoms with Crippen molar-refractivity contribution in [2.75, 3.05) is 0 Å². The van der Waals surface area contributed by atoms with Crippen molar-refractivity contribution in [2.24, 2.45) is 0 Å². The summed E-state index contributed by atoms with van der Waals surface area (Å²) in [6.07, 6.45) is -3.25. The molecule has 0 saturated carbocycles. The fourth-order valence-electron chi connectivity index (χ4n) is 3.26. The minimum absolute atomic E-state index is 0.0190. The van der Waals surface area contributed by atoms with Gasteiger partial charge in [-0.05, 0) is 42.0 Å². The molecule has 0 amide bonds. The Morgan fingerprint density at radius 3 is 2.41 bits per heavy atom. The summed E-state index contributed by atoms with van der Waals surface area (Å²) in [4.78, 5) is 28.2. The number of benzene rings is 3. The van der Waals surface area contributed by atoms with E-state index in [9.17, 15) is 22.8 Å². The summed E-state index contributed by atoms with van der Waals surface area (Å²) in [7, 11) is 0. The molecule has 0 bridgehead atoms. The van der Waals surface area contributed by atoms with Gasteiger partial charge in [0.05, 0.1) is 44.9 Å². The lowest BCUT2D eigenvalue weighted by Crippen LogP contribution is -2.21. The van der Waals surface area contributed by atoms with E-state index in [2.05, 4.69) is 4.98 Å². The van der Waals surface area contributed by atoms with E-state index in [0.717, 1.165) is 12.1 Å². The molecular weight excluding hydrogens is 496 g/mol. The van der Waals surface area contributed by atoms with Gasteiger partial charge in [0.1, 0.15) is 5.75 Å². The molecule has 11 heteroatoms. The Hall–Kier alpha value is -3.56. The summed E-state index contributed by atoms with van der Waals surface area (Å²) >= 11 is 12.2. The second kappa shape index (κ2) is 9.00. The van der Waals surface area contributed by atoms with Crippen LogP contribution >= 0.6 is 23.2 Å². The van der Waals surface area contributed by atoms with Gasteiger partial charge in [0.25, 0.3) is 5.56 Å². The Kier molecular flexibility index (Phi) is 6.24. The first kappa shape index (κ1) is 23.6. The highest BCUT2D eigenvalue weighted by molar-refractivity contribution is 6.37. The third-order valence-corrected chi connectivity index (χ3v) is 5.43.